The highest BCUT2D eigenvalue weighted by Gasteiger charge is 2.23. The van der Waals surface area contributed by atoms with E-state index >= 15 is 0 Å². The van der Waals surface area contributed by atoms with Crippen LogP contribution in [0.1, 0.15) is 17.2 Å². The zero-order valence-electron chi connectivity index (χ0n) is 11.6. The number of rotatable bonds is 2. The summed E-state index contributed by atoms with van der Waals surface area (Å²) in [5.41, 5.74) is 3.00. The van der Waals surface area contributed by atoms with Crippen LogP contribution >= 0.6 is 0 Å². The molecule has 0 saturated heterocycles. The van der Waals surface area contributed by atoms with Gasteiger partial charge in [-0.3, -0.25) is 0 Å². The summed E-state index contributed by atoms with van der Waals surface area (Å²) in [6.07, 6.45) is 3.59. The van der Waals surface area contributed by atoms with Gasteiger partial charge in [-0.2, -0.15) is 10.1 Å². The van der Waals surface area contributed by atoms with Gasteiger partial charge in [0.05, 0.1) is 0 Å². The van der Waals surface area contributed by atoms with Crippen molar-refractivity contribution < 1.29 is 4.39 Å². The Labute approximate surface area is 126 Å². The number of benzene rings is 2. The number of nitrogens with one attached hydrogen (secondary N) is 1. The number of halogens is 1. The highest BCUT2D eigenvalue weighted by Crippen LogP contribution is 2.31. The molecule has 0 unspecified atom stereocenters. The number of anilines is 1. The molecule has 0 radical (unpaired) electrons. The Hall–Kier alpha value is -2.95. The summed E-state index contributed by atoms with van der Waals surface area (Å²) in [7, 11) is 0. The van der Waals surface area contributed by atoms with Crippen molar-refractivity contribution >= 4 is 11.6 Å². The lowest BCUT2D eigenvalue weighted by Gasteiger charge is -2.24. The van der Waals surface area contributed by atoms with Gasteiger partial charge in [-0.05, 0) is 29.3 Å². The number of fused-ring (bicyclic) bond motifs is 1. The summed E-state index contributed by atoms with van der Waals surface area (Å²) < 4.78 is 15.0. The van der Waals surface area contributed by atoms with Crippen molar-refractivity contribution in [1.29, 1.82) is 0 Å². The smallest absolute Gasteiger partial charge is 0.226 e. The van der Waals surface area contributed by atoms with Crippen LogP contribution in [0, 0.1) is 5.82 Å². The van der Waals surface area contributed by atoms with Crippen molar-refractivity contribution in [2.24, 2.45) is 0 Å². The van der Waals surface area contributed by atoms with Crippen molar-refractivity contribution in [2.45, 2.75) is 6.04 Å². The Bertz CT molecular complexity index is 821. The monoisotopic (exact) mass is 292 g/mol. The van der Waals surface area contributed by atoms with Crippen LogP contribution in [0.25, 0.3) is 5.70 Å². The lowest BCUT2D eigenvalue weighted by molar-refractivity contribution is 0.603. The van der Waals surface area contributed by atoms with Crippen LogP contribution in [0.4, 0.5) is 10.3 Å². The number of allylic oxidation sites excluding steroid dienone is 1. The zero-order chi connectivity index (χ0) is 14.9. The van der Waals surface area contributed by atoms with E-state index in [1.807, 2.05) is 30.3 Å². The van der Waals surface area contributed by atoms with Crippen molar-refractivity contribution in [2.75, 3.05) is 5.32 Å². The number of hydrogen-bond donors (Lipinski definition) is 1. The number of hydrogen-bond acceptors (Lipinski definition) is 3. The molecule has 4 rings (SSSR count). The van der Waals surface area contributed by atoms with Crippen molar-refractivity contribution in [1.82, 2.24) is 14.8 Å². The topological polar surface area (TPSA) is 42.7 Å². The van der Waals surface area contributed by atoms with Crippen LogP contribution in [0.15, 0.2) is 67.0 Å². The summed E-state index contributed by atoms with van der Waals surface area (Å²) in [6.45, 7) is 0. The Morgan fingerprint density at radius 3 is 2.55 bits per heavy atom. The maximum atomic E-state index is 13.2. The second-order valence-corrected chi connectivity index (χ2v) is 5.10. The fraction of sp³-hybridized carbons (Fsp3) is 0.0588. The van der Waals surface area contributed by atoms with Gasteiger partial charge < -0.3 is 5.32 Å². The van der Waals surface area contributed by atoms with Gasteiger partial charge in [-0.25, -0.2) is 9.07 Å². The maximum Gasteiger partial charge on any atom is 0.226 e. The van der Waals surface area contributed by atoms with Crippen LogP contribution < -0.4 is 5.32 Å². The largest absolute Gasteiger partial charge is 0.324 e. The molecule has 22 heavy (non-hydrogen) atoms. The molecule has 1 aliphatic heterocycles. The fourth-order valence-electron chi connectivity index (χ4n) is 2.62. The van der Waals surface area contributed by atoms with Gasteiger partial charge in [0.2, 0.25) is 5.95 Å². The van der Waals surface area contributed by atoms with Crippen LogP contribution in [0.2, 0.25) is 0 Å². The van der Waals surface area contributed by atoms with Crippen molar-refractivity contribution in [3.05, 3.63) is 83.9 Å². The molecule has 5 heteroatoms. The molecule has 0 spiro atoms. The second-order valence-electron chi connectivity index (χ2n) is 5.10. The van der Waals surface area contributed by atoms with E-state index in [0.29, 0.717) is 5.95 Å². The minimum Gasteiger partial charge on any atom is -0.324 e. The van der Waals surface area contributed by atoms with E-state index in [0.717, 1.165) is 16.8 Å². The van der Waals surface area contributed by atoms with E-state index < -0.39 is 0 Å². The molecule has 1 aromatic heterocycles. The van der Waals surface area contributed by atoms with Gasteiger partial charge in [0.25, 0.3) is 0 Å². The predicted octanol–water partition coefficient (Wildman–Crippen LogP) is 3.47. The van der Waals surface area contributed by atoms with E-state index in [2.05, 4.69) is 21.5 Å². The Morgan fingerprint density at radius 1 is 1.00 bits per heavy atom. The summed E-state index contributed by atoms with van der Waals surface area (Å²) >= 11 is 0. The summed E-state index contributed by atoms with van der Waals surface area (Å²) in [4.78, 5) is 4.25. The summed E-state index contributed by atoms with van der Waals surface area (Å²) in [5.74, 6) is 0.430. The van der Waals surface area contributed by atoms with E-state index in [-0.39, 0.29) is 11.9 Å². The van der Waals surface area contributed by atoms with Crippen molar-refractivity contribution in [3.63, 3.8) is 0 Å². The third-order valence-corrected chi connectivity index (χ3v) is 3.70. The minimum atomic E-state index is -0.247. The van der Waals surface area contributed by atoms with Gasteiger partial charge >= 0.3 is 0 Å². The van der Waals surface area contributed by atoms with Gasteiger partial charge in [0.1, 0.15) is 18.2 Å². The molecule has 4 nitrogen and oxygen atoms in total. The Balaban J connectivity index is 1.81. The van der Waals surface area contributed by atoms with E-state index in [1.54, 1.807) is 16.8 Å². The third-order valence-electron chi connectivity index (χ3n) is 3.70. The lowest BCUT2D eigenvalue weighted by atomic mass is 10.0. The molecular formula is C17H13FN4. The van der Waals surface area contributed by atoms with Crippen LogP contribution in [0.3, 0.4) is 0 Å². The first-order valence-corrected chi connectivity index (χ1v) is 7.00. The fourth-order valence-corrected chi connectivity index (χ4v) is 2.62. The first-order valence-electron chi connectivity index (χ1n) is 7.00. The molecule has 2 heterocycles. The molecule has 0 fully saturated rings. The molecule has 2 aromatic carbocycles. The third kappa shape index (κ3) is 2.16. The van der Waals surface area contributed by atoms with Crippen LogP contribution in [-0.2, 0) is 0 Å². The minimum absolute atomic E-state index is 0.116. The van der Waals surface area contributed by atoms with E-state index in [9.17, 15) is 4.39 Å². The molecule has 1 atom stereocenters. The molecule has 3 aromatic rings. The molecular weight excluding hydrogens is 279 g/mol. The Kier molecular flexibility index (Phi) is 2.96. The highest BCUT2D eigenvalue weighted by atomic mass is 19.1. The van der Waals surface area contributed by atoms with Crippen LogP contribution in [0.5, 0.6) is 0 Å². The first-order chi connectivity index (χ1) is 10.8. The van der Waals surface area contributed by atoms with Gasteiger partial charge in [0.15, 0.2) is 0 Å². The SMILES string of the molecule is Fc1ccc([C@@H]2C=C(c3ccccc3)Nc3ncnn32)cc1. The Morgan fingerprint density at radius 2 is 1.77 bits per heavy atom. The predicted molar refractivity (Wildman–Crippen MR) is 82.6 cm³/mol. The van der Waals surface area contributed by atoms with Crippen molar-refractivity contribution in [3.8, 4) is 0 Å². The molecule has 1 aliphatic rings. The second kappa shape index (κ2) is 5.11. The first kappa shape index (κ1) is 12.8. The van der Waals surface area contributed by atoms with Gasteiger partial charge in [-0.1, -0.05) is 42.5 Å². The lowest BCUT2D eigenvalue weighted by Crippen LogP contribution is -2.20. The molecule has 1 N–H and O–H groups in total. The molecule has 0 amide bonds. The van der Waals surface area contributed by atoms with Crippen LogP contribution in [-0.4, -0.2) is 14.8 Å². The van der Waals surface area contributed by atoms with Gasteiger partial charge in [-0.15, -0.1) is 0 Å². The number of nitrogens with zero attached hydrogens (tertiary/aromatic N) is 3. The molecule has 108 valence electrons. The summed E-state index contributed by atoms with van der Waals surface area (Å²) in [5, 5.41) is 7.55. The van der Waals surface area contributed by atoms with E-state index in [1.165, 1.54) is 18.5 Å². The molecule has 0 saturated carbocycles. The standard InChI is InChI=1S/C17H13FN4/c18-14-8-6-13(7-9-14)16-10-15(12-4-2-1-3-5-12)21-17-19-11-20-22(16)17/h1-11,16H,(H,19,20,21)/t16-/m0/s1. The molecule has 0 aliphatic carbocycles. The maximum absolute atomic E-state index is 13.2. The normalized spacial score (nSPS) is 16.6. The van der Waals surface area contributed by atoms with E-state index in [4.69, 9.17) is 0 Å². The molecule has 0 bridgehead atoms. The summed E-state index contributed by atoms with van der Waals surface area (Å²) in [6, 6.07) is 16.4. The highest BCUT2D eigenvalue weighted by molar-refractivity contribution is 5.76. The average Bonchev–Trinajstić information content (AvgIpc) is 3.04. The quantitative estimate of drug-likeness (QED) is 0.786. The van der Waals surface area contributed by atoms with Gasteiger partial charge in [0, 0.05) is 5.70 Å². The average molecular weight is 292 g/mol. The zero-order valence-corrected chi connectivity index (χ0v) is 11.6. The number of aromatic nitrogens is 3.